The molecular weight excluding hydrogens is 220 g/mol. The van der Waals surface area contributed by atoms with Crippen LogP contribution in [0.4, 0.5) is 0 Å². The Labute approximate surface area is 98.7 Å². The molecule has 0 unspecified atom stereocenters. The summed E-state index contributed by atoms with van der Waals surface area (Å²) in [5.41, 5.74) is -1.08. The standard InChI is InChI=1S/C12H12N2O3/c1-12(2,7-13)14-10(15)8-5-3-4-6-9(8)11(16)17/h3-6H,1-2H3,(H,14,15)(H,16,17). The lowest BCUT2D eigenvalue weighted by atomic mass is 10.0. The van der Waals surface area contributed by atoms with Crippen LogP contribution in [0.15, 0.2) is 24.3 Å². The fourth-order valence-electron chi connectivity index (χ4n) is 1.25. The zero-order valence-corrected chi connectivity index (χ0v) is 9.52. The molecule has 88 valence electrons. The summed E-state index contributed by atoms with van der Waals surface area (Å²) in [6.07, 6.45) is 0. The van der Waals surface area contributed by atoms with Crippen LogP contribution < -0.4 is 5.32 Å². The van der Waals surface area contributed by atoms with Crippen molar-refractivity contribution in [2.45, 2.75) is 19.4 Å². The highest BCUT2D eigenvalue weighted by atomic mass is 16.4. The van der Waals surface area contributed by atoms with E-state index >= 15 is 0 Å². The fourth-order valence-corrected chi connectivity index (χ4v) is 1.25. The maximum atomic E-state index is 11.8. The summed E-state index contributed by atoms with van der Waals surface area (Å²) >= 11 is 0. The smallest absolute Gasteiger partial charge is 0.336 e. The number of carbonyl (C=O) groups is 2. The van der Waals surface area contributed by atoms with Crippen LogP contribution >= 0.6 is 0 Å². The van der Waals surface area contributed by atoms with E-state index in [9.17, 15) is 9.59 Å². The maximum absolute atomic E-state index is 11.8. The predicted molar refractivity (Wildman–Crippen MR) is 60.6 cm³/mol. The van der Waals surface area contributed by atoms with Crippen molar-refractivity contribution in [3.8, 4) is 6.07 Å². The quantitative estimate of drug-likeness (QED) is 0.824. The normalized spacial score (nSPS) is 10.4. The van der Waals surface area contributed by atoms with E-state index in [4.69, 9.17) is 10.4 Å². The van der Waals surface area contributed by atoms with Crippen molar-refractivity contribution < 1.29 is 14.7 Å². The van der Waals surface area contributed by atoms with E-state index in [1.165, 1.54) is 32.0 Å². The Hall–Kier alpha value is -2.35. The van der Waals surface area contributed by atoms with Crippen molar-refractivity contribution in [2.75, 3.05) is 0 Å². The first kappa shape index (κ1) is 12.7. The van der Waals surface area contributed by atoms with E-state index in [1.807, 2.05) is 6.07 Å². The van der Waals surface area contributed by atoms with Gasteiger partial charge in [-0.25, -0.2) is 4.79 Å². The van der Waals surface area contributed by atoms with Crippen LogP contribution in [-0.4, -0.2) is 22.5 Å². The van der Waals surface area contributed by atoms with Gasteiger partial charge in [0.1, 0.15) is 5.54 Å². The second-order valence-corrected chi connectivity index (χ2v) is 4.04. The highest BCUT2D eigenvalue weighted by Crippen LogP contribution is 2.10. The lowest BCUT2D eigenvalue weighted by molar-refractivity contribution is 0.0690. The molecule has 0 fully saturated rings. The number of amides is 1. The van der Waals surface area contributed by atoms with Gasteiger partial charge in [0.2, 0.25) is 0 Å². The van der Waals surface area contributed by atoms with Crippen LogP contribution in [0.25, 0.3) is 0 Å². The number of carboxylic acids is 1. The molecule has 1 amide bonds. The molecular formula is C12H12N2O3. The van der Waals surface area contributed by atoms with E-state index in [1.54, 1.807) is 6.07 Å². The number of aromatic carboxylic acids is 1. The highest BCUT2D eigenvalue weighted by molar-refractivity contribution is 6.05. The Kier molecular flexibility index (Phi) is 3.49. The van der Waals surface area contributed by atoms with Crippen molar-refractivity contribution in [1.29, 1.82) is 5.26 Å². The number of carboxylic acid groups (broad SMARTS) is 1. The van der Waals surface area contributed by atoms with Gasteiger partial charge in [0.05, 0.1) is 17.2 Å². The lowest BCUT2D eigenvalue weighted by Crippen LogP contribution is -2.42. The molecule has 0 aliphatic rings. The molecule has 0 bridgehead atoms. The van der Waals surface area contributed by atoms with Gasteiger partial charge in [-0.2, -0.15) is 5.26 Å². The number of rotatable bonds is 3. The molecule has 1 aromatic rings. The zero-order chi connectivity index (χ0) is 13.1. The molecule has 0 saturated carbocycles. The van der Waals surface area contributed by atoms with E-state index in [-0.39, 0.29) is 11.1 Å². The summed E-state index contributed by atoms with van der Waals surface area (Å²) in [7, 11) is 0. The number of nitrogens with zero attached hydrogens (tertiary/aromatic N) is 1. The van der Waals surface area contributed by atoms with Gasteiger partial charge in [0.25, 0.3) is 5.91 Å². The summed E-state index contributed by atoms with van der Waals surface area (Å²) in [5, 5.41) is 20.2. The van der Waals surface area contributed by atoms with Gasteiger partial charge >= 0.3 is 5.97 Å². The molecule has 1 rings (SSSR count). The molecule has 5 nitrogen and oxygen atoms in total. The van der Waals surface area contributed by atoms with E-state index in [0.29, 0.717) is 0 Å². The highest BCUT2D eigenvalue weighted by Gasteiger charge is 2.23. The largest absolute Gasteiger partial charge is 0.478 e. The molecule has 2 N–H and O–H groups in total. The second-order valence-electron chi connectivity index (χ2n) is 4.04. The number of hydrogen-bond donors (Lipinski definition) is 2. The van der Waals surface area contributed by atoms with Crippen LogP contribution in [0.5, 0.6) is 0 Å². The Morgan fingerprint density at radius 1 is 1.29 bits per heavy atom. The summed E-state index contributed by atoms with van der Waals surface area (Å²) < 4.78 is 0. The second kappa shape index (κ2) is 4.66. The van der Waals surface area contributed by atoms with E-state index in [0.717, 1.165) is 0 Å². The monoisotopic (exact) mass is 232 g/mol. The van der Waals surface area contributed by atoms with Crippen molar-refractivity contribution in [3.05, 3.63) is 35.4 Å². The number of benzene rings is 1. The minimum Gasteiger partial charge on any atom is -0.478 e. The summed E-state index contributed by atoms with van der Waals surface area (Å²) in [4.78, 5) is 22.7. The maximum Gasteiger partial charge on any atom is 0.336 e. The third-order valence-corrected chi connectivity index (χ3v) is 2.11. The first-order valence-electron chi connectivity index (χ1n) is 4.93. The number of carbonyl (C=O) groups excluding carboxylic acids is 1. The van der Waals surface area contributed by atoms with Gasteiger partial charge in [-0.3, -0.25) is 4.79 Å². The molecule has 0 heterocycles. The Bertz CT molecular complexity index is 501. The van der Waals surface area contributed by atoms with Crippen molar-refractivity contribution >= 4 is 11.9 Å². The topological polar surface area (TPSA) is 90.2 Å². The zero-order valence-electron chi connectivity index (χ0n) is 9.52. The van der Waals surface area contributed by atoms with E-state index in [2.05, 4.69) is 5.32 Å². The Morgan fingerprint density at radius 2 is 1.82 bits per heavy atom. The molecule has 0 aromatic heterocycles. The molecule has 0 spiro atoms. The van der Waals surface area contributed by atoms with Crippen molar-refractivity contribution in [2.24, 2.45) is 0 Å². The van der Waals surface area contributed by atoms with Gasteiger partial charge < -0.3 is 10.4 Å². The van der Waals surface area contributed by atoms with Crippen LogP contribution in [0.2, 0.25) is 0 Å². The van der Waals surface area contributed by atoms with Crippen molar-refractivity contribution in [3.63, 3.8) is 0 Å². The number of hydrogen-bond acceptors (Lipinski definition) is 3. The Balaban J connectivity index is 3.06. The van der Waals surface area contributed by atoms with Gasteiger partial charge in [-0.15, -0.1) is 0 Å². The van der Waals surface area contributed by atoms with E-state index < -0.39 is 17.4 Å². The number of nitrogens with one attached hydrogen (secondary N) is 1. The molecule has 5 heteroatoms. The van der Waals surface area contributed by atoms with Gasteiger partial charge in [-0.1, -0.05) is 12.1 Å². The molecule has 1 aromatic carbocycles. The first-order chi connectivity index (χ1) is 7.87. The SMILES string of the molecule is CC(C)(C#N)NC(=O)c1ccccc1C(=O)O. The molecule has 0 aliphatic carbocycles. The average molecular weight is 232 g/mol. The third kappa shape index (κ3) is 3.05. The fraction of sp³-hybridized carbons (Fsp3) is 0.250. The molecule has 0 atom stereocenters. The van der Waals surface area contributed by atoms with Gasteiger partial charge in [0.15, 0.2) is 0 Å². The van der Waals surface area contributed by atoms with Crippen LogP contribution in [-0.2, 0) is 0 Å². The minimum atomic E-state index is -1.18. The number of nitriles is 1. The summed E-state index contributed by atoms with van der Waals surface area (Å²) in [5.74, 6) is -1.75. The predicted octanol–water partition coefficient (Wildman–Crippen LogP) is 1.42. The lowest BCUT2D eigenvalue weighted by Gasteiger charge is -2.18. The minimum absolute atomic E-state index is 0.0447. The molecule has 0 radical (unpaired) electrons. The van der Waals surface area contributed by atoms with Gasteiger partial charge in [0, 0.05) is 0 Å². The summed E-state index contributed by atoms with van der Waals surface area (Å²) in [6, 6.07) is 7.77. The molecule has 0 aliphatic heterocycles. The average Bonchev–Trinajstić information content (AvgIpc) is 2.28. The van der Waals surface area contributed by atoms with Crippen LogP contribution in [0, 0.1) is 11.3 Å². The van der Waals surface area contributed by atoms with Crippen LogP contribution in [0.1, 0.15) is 34.6 Å². The van der Waals surface area contributed by atoms with Crippen LogP contribution in [0.3, 0.4) is 0 Å². The Morgan fingerprint density at radius 3 is 2.29 bits per heavy atom. The molecule has 17 heavy (non-hydrogen) atoms. The van der Waals surface area contributed by atoms with Crippen molar-refractivity contribution in [1.82, 2.24) is 5.32 Å². The molecule has 0 saturated heterocycles. The summed E-state index contributed by atoms with van der Waals surface area (Å²) in [6.45, 7) is 3.07. The third-order valence-electron chi connectivity index (χ3n) is 2.11. The first-order valence-corrected chi connectivity index (χ1v) is 4.93. The van der Waals surface area contributed by atoms with Gasteiger partial charge in [-0.05, 0) is 26.0 Å².